The molecule has 2 atom stereocenters. The smallest absolute Gasteiger partial charge is 0.269 e. The zero-order valence-electron chi connectivity index (χ0n) is 15.7. The second-order valence-corrected chi connectivity index (χ2v) is 6.89. The summed E-state index contributed by atoms with van der Waals surface area (Å²) in [6.07, 6.45) is 2.38. The largest absolute Gasteiger partial charge is 0.367 e. The van der Waals surface area contributed by atoms with Gasteiger partial charge in [-0.3, -0.25) is 14.6 Å². The van der Waals surface area contributed by atoms with E-state index in [1.54, 1.807) is 36.3 Å². The van der Waals surface area contributed by atoms with E-state index in [0.29, 0.717) is 29.5 Å². The van der Waals surface area contributed by atoms with Crippen molar-refractivity contribution in [2.24, 2.45) is 0 Å². The summed E-state index contributed by atoms with van der Waals surface area (Å²) in [6.45, 7) is 6.37. The van der Waals surface area contributed by atoms with Gasteiger partial charge in [-0.05, 0) is 42.8 Å². The zero-order valence-corrected chi connectivity index (χ0v) is 16.4. The number of nitrogens with one attached hydrogen (secondary N) is 1. The Bertz CT molecular complexity index is 918. The van der Waals surface area contributed by atoms with Gasteiger partial charge in [0.15, 0.2) is 0 Å². The molecule has 0 aliphatic carbocycles. The molecule has 1 N–H and O–H groups in total. The molecule has 0 saturated carbocycles. The molecule has 0 aromatic carbocycles. The lowest BCUT2D eigenvalue weighted by molar-refractivity contribution is -0.139. The molecular weight excluding hydrogens is 380 g/mol. The number of hydrogen-bond acceptors (Lipinski definition) is 5. The summed E-state index contributed by atoms with van der Waals surface area (Å²) in [5, 5.41) is 2.85. The third-order valence-corrected chi connectivity index (χ3v) is 4.64. The molecule has 1 unspecified atom stereocenters. The summed E-state index contributed by atoms with van der Waals surface area (Å²) < 4.78 is 6.03. The van der Waals surface area contributed by atoms with Crippen LogP contribution in [0.4, 0.5) is 0 Å². The predicted molar refractivity (Wildman–Crippen MR) is 106 cm³/mol. The van der Waals surface area contributed by atoms with Crippen LogP contribution < -0.4 is 5.32 Å². The number of hydrogen-bond donors (Lipinski definition) is 1. The van der Waals surface area contributed by atoms with E-state index < -0.39 is 0 Å². The number of pyridine rings is 2. The van der Waals surface area contributed by atoms with Gasteiger partial charge in [0, 0.05) is 25.4 Å². The van der Waals surface area contributed by atoms with Crippen LogP contribution in [0, 0.1) is 0 Å². The second kappa shape index (κ2) is 8.50. The van der Waals surface area contributed by atoms with Crippen molar-refractivity contribution in [3.8, 4) is 11.3 Å². The number of aromatic nitrogens is 2. The van der Waals surface area contributed by atoms with Gasteiger partial charge < -0.3 is 15.0 Å². The summed E-state index contributed by atoms with van der Waals surface area (Å²) in [7, 11) is 1.55. The molecule has 0 radical (unpaired) electrons. The number of morpholine rings is 1. The first-order valence-corrected chi connectivity index (χ1v) is 9.22. The van der Waals surface area contributed by atoms with E-state index in [1.165, 1.54) is 6.08 Å². The first kappa shape index (κ1) is 20.0. The van der Waals surface area contributed by atoms with Crippen LogP contribution in [0.25, 0.3) is 11.3 Å². The molecule has 2 amide bonds. The Kier molecular flexibility index (Phi) is 6.06. The lowest BCUT2D eigenvalue weighted by Gasteiger charge is -2.36. The van der Waals surface area contributed by atoms with Crippen LogP contribution in [0.3, 0.4) is 0 Å². The maximum atomic E-state index is 12.0. The SMILES string of the molecule is C=CC(=O)N1CC(c2cc(Cl)nc(-c3ccnc(C(=O)NC)c3)c2)O[C@@H](C)C1. The Morgan fingerprint density at radius 3 is 2.86 bits per heavy atom. The third kappa shape index (κ3) is 4.37. The number of rotatable bonds is 4. The molecule has 8 heteroatoms. The molecule has 2 aromatic rings. The van der Waals surface area contributed by atoms with E-state index in [1.807, 2.05) is 13.0 Å². The fourth-order valence-electron chi connectivity index (χ4n) is 3.14. The number of amides is 2. The standard InChI is InChI=1S/C20H21ClN4O3/c1-4-19(26)25-10-12(2)28-17(11-25)14-8-15(24-18(21)9-14)13-5-6-23-16(7-13)20(27)22-3/h4-9,12,17H,1,10-11H2,2-3H3,(H,22,27)/t12-,17?/m0/s1. The van der Waals surface area contributed by atoms with Crippen LogP contribution in [0.15, 0.2) is 43.1 Å². The lowest BCUT2D eigenvalue weighted by Crippen LogP contribution is -2.45. The Hall–Kier alpha value is -2.77. The van der Waals surface area contributed by atoms with Crippen LogP contribution in [0.1, 0.15) is 29.1 Å². The van der Waals surface area contributed by atoms with Crippen molar-refractivity contribution in [1.82, 2.24) is 20.2 Å². The van der Waals surface area contributed by atoms with E-state index in [0.717, 1.165) is 5.56 Å². The molecule has 0 bridgehead atoms. The van der Waals surface area contributed by atoms with Crippen molar-refractivity contribution in [3.05, 3.63) is 59.5 Å². The van der Waals surface area contributed by atoms with Crippen molar-refractivity contribution in [2.75, 3.05) is 20.1 Å². The summed E-state index contributed by atoms with van der Waals surface area (Å²) in [5.41, 5.74) is 2.40. The number of nitrogens with zero attached hydrogens (tertiary/aromatic N) is 3. The Balaban J connectivity index is 1.94. The summed E-state index contributed by atoms with van der Waals surface area (Å²) in [6, 6.07) is 6.99. The van der Waals surface area contributed by atoms with Crippen LogP contribution in [0.2, 0.25) is 5.15 Å². The van der Waals surface area contributed by atoms with Gasteiger partial charge in [0.05, 0.1) is 18.3 Å². The summed E-state index contributed by atoms with van der Waals surface area (Å²) >= 11 is 6.25. The molecule has 0 spiro atoms. The highest BCUT2D eigenvalue weighted by molar-refractivity contribution is 6.29. The maximum absolute atomic E-state index is 12.0. The average Bonchev–Trinajstić information content (AvgIpc) is 2.71. The number of ether oxygens (including phenoxy) is 1. The molecule has 3 rings (SSSR count). The van der Waals surface area contributed by atoms with Crippen LogP contribution in [-0.2, 0) is 9.53 Å². The molecule has 2 aromatic heterocycles. The minimum absolute atomic E-state index is 0.126. The van der Waals surface area contributed by atoms with Gasteiger partial charge in [-0.25, -0.2) is 4.98 Å². The van der Waals surface area contributed by atoms with E-state index in [2.05, 4.69) is 21.9 Å². The van der Waals surface area contributed by atoms with E-state index in [-0.39, 0.29) is 29.7 Å². The number of carbonyl (C=O) groups excluding carboxylic acids is 2. The Morgan fingerprint density at radius 1 is 1.36 bits per heavy atom. The van der Waals surface area contributed by atoms with Crippen LogP contribution >= 0.6 is 11.6 Å². The normalized spacial score (nSPS) is 19.2. The average molecular weight is 401 g/mol. The van der Waals surface area contributed by atoms with Gasteiger partial charge in [0.1, 0.15) is 17.0 Å². The lowest BCUT2D eigenvalue weighted by atomic mass is 10.0. The van der Waals surface area contributed by atoms with Gasteiger partial charge >= 0.3 is 0 Å². The minimum atomic E-state index is -0.341. The fourth-order valence-corrected chi connectivity index (χ4v) is 3.35. The second-order valence-electron chi connectivity index (χ2n) is 6.50. The molecular formula is C20H21ClN4O3. The van der Waals surface area contributed by atoms with Gasteiger partial charge in [0.2, 0.25) is 5.91 Å². The van der Waals surface area contributed by atoms with E-state index >= 15 is 0 Å². The molecule has 7 nitrogen and oxygen atoms in total. The Morgan fingerprint density at radius 2 is 2.14 bits per heavy atom. The number of halogens is 1. The van der Waals surface area contributed by atoms with E-state index in [9.17, 15) is 9.59 Å². The van der Waals surface area contributed by atoms with Gasteiger partial charge in [0.25, 0.3) is 5.91 Å². The highest BCUT2D eigenvalue weighted by Gasteiger charge is 2.29. The molecule has 1 aliphatic heterocycles. The van der Waals surface area contributed by atoms with Crippen molar-refractivity contribution < 1.29 is 14.3 Å². The van der Waals surface area contributed by atoms with Gasteiger partial charge in [-0.1, -0.05) is 18.2 Å². The highest BCUT2D eigenvalue weighted by Crippen LogP contribution is 2.30. The maximum Gasteiger partial charge on any atom is 0.269 e. The highest BCUT2D eigenvalue weighted by atomic mass is 35.5. The van der Waals surface area contributed by atoms with Crippen molar-refractivity contribution in [3.63, 3.8) is 0 Å². The molecule has 1 saturated heterocycles. The molecule has 146 valence electrons. The first-order valence-electron chi connectivity index (χ1n) is 8.84. The van der Waals surface area contributed by atoms with Crippen molar-refractivity contribution in [1.29, 1.82) is 0 Å². The number of carbonyl (C=O) groups is 2. The van der Waals surface area contributed by atoms with Crippen molar-refractivity contribution >= 4 is 23.4 Å². The van der Waals surface area contributed by atoms with Crippen molar-refractivity contribution in [2.45, 2.75) is 19.1 Å². The topological polar surface area (TPSA) is 84.4 Å². The van der Waals surface area contributed by atoms with E-state index in [4.69, 9.17) is 16.3 Å². The van der Waals surface area contributed by atoms with Crippen LogP contribution in [-0.4, -0.2) is 52.9 Å². The summed E-state index contributed by atoms with van der Waals surface area (Å²) in [5.74, 6) is -0.419. The molecule has 3 heterocycles. The predicted octanol–water partition coefficient (Wildman–Crippen LogP) is 2.63. The quantitative estimate of drug-likeness (QED) is 0.630. The fraction of sp³-hybridized carbons (Fsp3) is 0.300. The Labute approximate surface area is 168 Å². The molecule has 1 aliphatic rings. The summed E-state index contributed by atoms with van der Waals surface area (Å²) in [4.78, 5) is 34.0. The minimum Gasteiger partial charge on any atom is -0.367 e. The monoisotopic (exact) mass is 400 g/mol. The molecule has 28 heavy (non-hydrogen) atoms. The zero-order chi connectivity index (χ0) is 20.3. The van der Waals surface area contributed by atoms with Gasteiger partial charge in [-0.15, -0.1) is 0 Å². The third-order valence-electron chi connectivity index (χ3n) is 4.45. The molecule has 1 fully saturated rings. The van der Waals surface area contributed by atoms with Gasteiger partial charge in [-0.2, -0.15) is 0 Å². The van der Waals surface area contributed by atoms with Crippen LogP contribution in [0.5, 0.6) is 0 Å². The first-order chi connectivity index (χ1) is 13.4.